The number of benzene rings is 1. The van der Waals surface area contributed by atoms with Gasteiger partial charge in [-0.15, -0.1) is 0 Å². The van der Waals surface area contributed by atoms with Crippen molar-refractivity contribution in [2.24, 2.45) is 5.92 Å². The third-order valence-corrected chi connectivity index (χ3v) is 4.05. The lowest BCUT2D eigenvalue weighted by Gasteiger charge is -2.24. The number of hydrogen-bond acceptors (Lipinski definition) is 2. The van der Waals surface area contributed by atoms with Crippen molar-refractivity contribution in [1.29, 1.82) is 0 Å². The van der Waals surface area contributed by atoms with E-state index in [-0.39, 0.29) is 18.9 Å². The van der Waals surface area contributed by atoms with Crippen LogP contribution in [0.4, 0.5) is 0 Å². The summed E-state index contributed by atoms with van der Waals surface area (Å²) in [6, 6.07) is 5.57. The number of carboxylic acid groups (broad SMARTS) is 1. The third-order valence-electron chi connectivity index (χ3n) is 2.89. The smallest absolute Gasteiger partial charge is 0.305 e. The van der Waals surface area contributed by atoms with Crippen LogP contribution >= 0.6 is 22.6 Å². The largest absolute Gasteiger partial charge is 0.481 e. The van der Waals surface area contributed by atoms with Crippen LogP contribution in [0.3, 0.4) is 0 Å². The summed E-state index contributed by atoms with van der Waals surface area (Å²) >= 11 is 2.20. The first-order valence-corrected chi connectivity index (χ1v) is 7.66. The number of aliphatic carboxylic acids is 1. The summed E-state index contributed by atoms with van der Waals surface area (Å²) in [5, 5.41) is 8.79. The molecule has 0 spiro atoms. The number of rotatable bonds is 6. The van der Waals surface area contributed by atoms with Gasteiger partial charge in [-0.3, -0.25) is 9.59 Å². The lowest BCUT2D eigenvalue weighted by atomic mass is 10.1. The molecule has 0 saturated carbocycles. The molecule has 1 N–H and O–H groups in total. The molecule has 0 aromatic heterocycles. The lowest BCUT2D eigenvalue weighted by molar-refractivity contribution is -0.137. The Kier molecular flexibility index (Phi) is 6.45. The van der Waals surface area contributed by atoms with Crippen LogP contribution in [0, 0.1) is 16.4 Å². The average Bonchev–Trinajstić information content (AvgIpc) is 2.36. The second kappa shape index (κ2) is 7.61. The standard InChI is InChI=1S/C15H20INO3/c1-10(2)9-17(7-6-14(18)19)15(20)12-5-4-11(3)13(16)8-12/h4-5,8,10H,6-7,9H2,1-3H3,(H,18,19). The lowest BCUT2D eigenvalue weighted by Crippen LogP contribution is -2.36. The molecular weight excluding hydrogens is 369 g/mol. The zero-order valence-corrected chi connectivity index (χ0v) is 14.2. The highest BCUT2D eigenvalue weighted by Crippen LogP contribution is 2.16. The molecular formula is C15H20INO3. The minimum absolute atomic E-state index is 0.0264. The van der Waals surface area contributed by atoms with Gasteiger partial charge in [0.15, 0.2) is 0 Å². The number of carbonyl (C=O) groups excluding carboxylic acids is 1. The van der Waals surface area contributed by atoms with E-state index in [0.717, 1.165) is 9.13 Å². The van der Waals surface area contributed by atoms with Crippen molar-refractivity contribution in [1.82, 2.24) is 4.90 Å². The highest BCUT2D eigenvalue weighted by Gasteiger charge is 2.18. The normalized spacial score (nSPS) is 10.7. The monoisotopic (exact) mass is 389 g/mol. The first kappa shape index (κ1) is 16.9. The van der Waals surface area contributed by atoms with Gasteiger partial charge in [-0.1, -0.05) is 19.9 Å². The van der Waals surface area contributed by atoms with Crippen LogP contribution < -0.4 is 0 Å². The van der Waals surface area contributed by atoms with Crippen molar-refractivity contribution in [3.63, 3.8) is 0 Å². The highest BCUT2D eigenvalue weighted by molar-refractivity contribution is 14.1. The van der Waals surface area contributed by atoms with E-state index >= 15 is 0 Å². The minimum Gasteiger partial charge on any atom is -0.481 e. The van der Waals surface area contributed by atoms with Crippen molar-refractivity contribution in [2.45, 2.75) is 27.2 Å². The molecule has 1 rings (SSSR count). The van der Waals surface area contributed by atoms with E-state index in [2.05, 4.69) is 22.6 Å². The molecule has 0 aliphatic heterocycles. The Balaban J connectivity index is 2.90. The Morgan fingerprint density at radius 3 is 2.50 bits per heavy atom. The molecule has 20 heavy (non-hydrogen) atoms. The molecule has 1 amide bonds. The average molecular weight is 389 g/mol. The molecule has 0 saturated heterocycles. The number of nitrogens with zero attached hydrogens (tertiary/aromatic N) is 1. The Hall–Kier alpha value is -1.11. The van der Waals surface area contributed by atoms with Gasteiger partial charge in [0.25, 0.3) is 5.91 Å². The van der Waals surface area contributed by atoms with Crippen LogP contribution in [0.5, 0.6) is 0 Å². The summed E-state index contributed by atoms with van der Waals surface area (Å²) in [6.07, 6.45) is -0.0264. The summed E-state index contributed by atoms with van der Waals surface area (Å²) in [7, 11) is 0. The van der Waals surface area contributed by atoms with Crippen LogP contribution in [0.1, 0.15) is 36.2 Å². The van der Waals surface area contributed by atoms with Crippen LogP contribution in [-0.4, -0.2) is 35.0 Å². The molecule has 0 radical (unpaired) electrons. The van der Waals surface area contributed by atoms with Crippen molar-refractivity contribution >= 4 is 34.5 Å². The van der Waals surface area contributed by atoms with E-state index in [9.17, 15) is 9.59 Å². The number of aryl methyl sites for hydroxylation is 1. The fourth-order valence-corrected chi connectivity index (χ4v) is 2.37. The predicted molar refractivity (Wildman–Crippen MR) is 86.9 cm³/mol. The van der Waals surface area contributed by atoms with Gasteiger partial charge in [0, 0.05) is 22.2 Å². The highest BCUT2D eigenvalue weighted by atomic mass is 127. The van der Waals surface area contributed by atoms with Crippen LogP contribution in [-0.2, 0) is 4.79 Å². The summed E-state index contributed by atoms with van der Waals surface area (Å²) < 4.78 is 1.04. The Morgan fingerprint density at radius 2 is 2.00 bits per heavy atom. The van der Waals surface area contributed by atoms with Gasteiger partial charge in [0.1, 0.15) is 0 Å². The van der Waals surface area contributed by atoms with Crippen LogP contribution in [0.15, 0.2) is 18.2 Å². The quantitative estimate of drug-likeness (QED) is 0.761. The van der Waals surface area contributed by atoms with E-state index in [4.69, 9.17) is 5.11 Å². The Morgan fingerprint density at radius 1 is 1.35 bits per heavy atom. The molecule has 0 atom stereocenters. The van der Waals surface area contributed by atoms with E-state index in [1.165, 1.54) is 0 Å². The Labute approximate surface area is 133 Å². The van der Waals surface area contributed by atoms with Gasteiger partial charge >= 0.3 is 5.97 Å². The number of halogens is 1. The maximum Gasteiger partial charge on any atom is 0.305 e. The maximum absolute atomic E-state index is 12.5. The molecule has 0 bridgehead atoms. The second-order valence-corrected chi connectivity index (χ2v) is 6.41. The molecule has 0 fully saturated rings. The molecule has 1 aromatic rings. The first-order chi connectivity index (χ1) is 9.31. The van der Waals surface area contributed by atoms with Crippen molar-refractivity contribution < 1.29 is 14.7 Å². The van der Waals surface area contributed by atoms with Gasteiger partial charge in [-0.25, -0.2) is 0 Å². The SMILES string of the molecule is Cc1ccc(C(=O)N(CCC(=O)O)CC(C)C)cc1I. The second-order valence-electron chi connectivity index (χ2n) is 5.25. The molecule has 5 heteroatoms. The summed E-state index contributed by atoms with van der Waals surface area (Å²) in [5.74, 6) is -0.680. The van der Waals surface area contributed by atoms with Crippen LogP contribution in [0.25, 0.3) is 0 Å². The zero-order chi connectivity index (χ0) is 15.3. The van der Waals surface area contributed by atoms with E-state index < -0.39 is 5.97 Å². The van der Waals surface area contributed by atoms with Gasteiger partial charge in [-0.05, 0) is 53.1 Å². The number of carboxylic acids is 1. The van der Waals surface area contributed by atoms with E-state index in [1.54, 1.807) is 11.0 Å². The molecule has 0 aliphatic rings. The molecule has 110 valence electrons. The van der Waals surface area contributed by atoms with Gasteiger partial charge in [0.05, 0.1) is 6.42 Å². The predicted octanol–water partition coefficient (Wildman–Crippen LogP) is 3.17. The number of amides is 1. The minimum atomic E-state index is -0.884. The molecule has 1 aromatic carbocycles. The van der Waals surface area contributed by atoms with E-state index in [1.807, 2.05) is 32.9 Å². The fourth-order valence-electron chi connectivity index (χ4n) is 1.86. The Bertz CT molecular complexity index is 500. The van der Waals surface area contributed by atoms with Crippen molar-refractivity contribution in [2.75, 3.05) is 13.1 Å². The topological polar surface area (TPSA) is 57.6 Å². The zero-order valence-electron chi connectivity index (χ0n) is 12.0. The molecule has 0 unspecified atom stereocenters. The molecule has 0 heterocycles. The van der Waals surface area contributed by atoms with Gasteiger partial charge in [0.2, 0.25) is 0 Å². The number of hydrogen-bond donors (Lipinski definition) is 1. The summed E-state index contributed by atoms with van der Waals surface area (Å²) in [5.41, 5.74) is 1.74. The van der Waals surface area contributed by atoms with Gasteiger partial charge in [-0.2, -0.15) is 0 Å². The molecule has 0 aliphatic carbocycles. The maximum atomic E-state index is 12.5. The number of carbonyl (C=O) groups is 2. The molecule has 4 nitrogen and oxygen atoms in total. The van der Waals surface area contributed by atoms with E-state index in [0.29, 0.717) is 18.0 Å². The first-order valence-electron chi connectivity index (χ1n) is 6.58. The van der Waals surface area contributed by atoms with Gasteiger partial charge < -0.3 is 10.0 Å². The van der Waals surface area contributed by atoms with Crippen LogP contribution in [0.2, 0.25) is 0 Å². The third kappa shape index (κ3) is 5.11. The van der Waals surface area contributed by atoms with Crippen molar-refractivity contribution in [3.05, 3.63) is 32.9 Å². The summed E-state index contributed by atoms with van der Waals surface area (Å²) in [4.78, 5) is 24.8. The summed E-state index contributed by atoms with van der Waals surface area (Å²) in [6.45, 7) is 6.83. The fraction of sp³-hybridized carbons (Fsp3) is 0.467. The van der Waals surface area contributed by atoms with Crippen molar-refractivity contribution in [3.8, 4) is 0 Å².